The van der Waals surface area contributed by atoms with Crippen LogP contribution in [0.15, 0.2) is 53.3 Å². The summed E-state index contributed by atoms with van der Waals surface area (Å²) in [6.45, 7) is 1.96. The number of anilines is 1. The Morgan fingerprint density at radius 1 is 1.19 bits per heavy atom. The fourth-order valence-corrected chi connectivity index (χ4v) is 2.41. The standard InChI is InChI=1S/C15H13N5S/c1-11-9-21-15(19-11)20-18-8-12-2-4-13(5-3-12)14-6-7-16-10-17-14/h2-10H,1H3,(H,19,20). The van der Waals surface area contributed by atoms with Gasteiger partial charge in [0.1, 0.15) is 6.33 Å². The number of rotatable bonds is 4. The molecule has 3 aromatic rings. The highest BCUT2D eigenvalue weighted by Crippen LogP contribution is 2.16. The first-order valence-electron chi connectivity index (χ1n) is 6.39. The van der Waals surface area contributed by atoms with E-state index in [0.717, 1.165) is 27.6 Å². The van der Waals surface area contributed by atoms with Crippen molar-refractivity contribution in [1.82, 2.24) is 15.0 Å². The first-order valence-corrected chi connectivity index (χ1v) is 7.27. The van der Waals surface area contributed by atoms with E-state index in [-0.39, 0.29) is 0 Å². The van der Waals surface area contributed by atoms with Gasteiger partial charge in [0.15, 0.2) is 0 Å². The molecule has 21 heavy (non-hydrogen) atoms. The van der Waals surface area contributed by atoms with E-state index in [2.05, 4.69) is 25.5 Å². The quantitative estimate of drug-likeness (QED) is 0.592. The average molecular weight is 295 g/mol. The second-order valence-corrected chi connectivity index (χ2v) is 5.24. The van der Waals surface area contributed by atoms with E-state index in [9.17, 15) is 0 Å². The summed E-state index contributed by atoms with van der Waals surface area (Å²) >= 11 is 1.53. The monoisotopic (exact) mass is 295 g/mol. The molecule has 0 unspecified atom stereocenters. The summed E-state index contributed by atoms with van der Waals surface area (Å²) in [5.74, 6) is 0. The molecule has 0 fully saturated rings. The number of aryl methyl sites for hydroxylation is 1. The lowest BCUT2D eigenvalue weighted by molar-refractivity contribution is 1.17. The van der Waals surface area contributed by atoms with E-state index in [1.165, 1.54) is 11.3 Å². The average Bonchev–Trinajstić information content (AvgIpc) is 2.94. The molecule has 0 bridgehead atoms. The Balaban J connectivity index is 1.67. The minimum Gasteiger partial charge on any atom is -0.253 e. The molecule has 1 N–H and O–H groups in total. The molecular weight excluding hydrogens is 282 g/mol. The minimum absolute atomic E-state index is 0.793. The molecule has 0 aliphatic rings. The highest BCUT2D eigenvalue weighted by Gasteiger charge is 1.98. The molecule has 6 heteroatoms. The van der Waals surface area contributed by atoms with Crippen molar-refractivity contribution in [1.29, 1.82) is 0 Å². The van der Waals surface area contributed by atoms with Crippen LogP contribution in [0, 0.1) is 6.92 Å². The summed E-state index contributed by atoms with van der Waals surface area (Å²) in [5.41, 5.74) is 6.88. The lowest BCUT2D eigenvalue weighted by Crippen LogP contribution is -1.90. The van der Waals surface area contributed by atoms with Crippen LogP contribution in [-0.4, -0.2) is 21.2 Å². The van der Waals surface area contributed by atoms with Gasteiger partial charge in [0, 0.05) is 17.1 Å². The van der Waals surface area contributed by atoms with Crippen LogP contribution < -0.4 is 5.43 Å². The van der Waals surface area contributed by atoms with Crippen molar-refractivity contribution < 1.29 is 0 Å². The van der Waals surface area contributed by atoms with E-state index < -0.39 is 0 Å². The Hall–Kier alpha value is -2.60. The fourth-order valence-electron chi connectivity index (χ4n) is 1.77. The van der Waals surface area contributed by atoms with Gasteiger partial charge < -0.3 is 0 Å². The Morgan fingerprint density at radius 2 is 2.05 bits per heavy atom. The normalized spacial score (nSPS) is 10.9. The molecule has 0 atom stereocenters. The SMILES string of the molecule is Cc1csc(NN=Cc2ccc(-c3ccncn3)cc2)n1. The molecule has 0 saturated heterocycles. The molecular formula is C15H13N5S. The predicted molar refractivity (Wildman–Crippen MR) is 85.5 cm³/mol. The molecule has 0 amide bonds. The van der Waals surface area contributed by atoms with Crippen LogP contribution in [-0.2, 0) is 0 Å². The predicted octanol–water partition coefficient (Wildman–Crippen LogP) is 3.35. The van der Waals surface area contributed by atoms with Crippen LogP contribution in [0.5, 0.6) is 0 Å². The zero-order valence-corrected chi connectivity index (χ0v) is 12.2. The summed E-state index contributed by atoms with van der Waals surface area (Å²) in [5, 5.41) is 6.95. The molecule has 2 heterocycles. The van der Waals surface area contributed by atoms with Gasteiger partial charge in [-0.3, -0.25) is 5.43 Å². The summed E-state index contributed by atoms with van der Waals surface area (Å²) in [4.78, 5) is 12.4. The van der Waals surface area contributed by atoms with Crippen LogP contribution in [0.1, 0.15) is 11.3 Å². The van der Waals surface area contributed by atoms with Crippen molar-refractivity contribution in [3.05, 3.63) is 59.5 Å². The second kappa shape index (κ2) is 6.23. The van der Waals surface area contributed by atoms with Gasteiger partial charge in [-0.2, -0.15) is 5.10 Å². The molecule has 1 aromatic carbocycles. The highest BCUT2D eigenvalue weighted by atomic mass is 32.1. The number of hydrogen-bond donors (Lipinski definition) is 1. The number of nitrogens with one attached hydrogen (secondary N) is 1. The Kier molecular flexibility index (Phi) is 3.97. The maximum Gasteiger partial charge on any atom is 0.203 e. The molecule has 0 saturated carbocycles. The molecule has 5 nitrogen and oxygen atoms in total. The Bertz CT molecular complexity index is 734. The van der Waals surface area contributed by atoms with Gasteiger partial charge in [-0.25, -0.2) is 15.0 Å². The first kappa shape index (κ1) is 13.4. The maximum absolute atomic E-state index is 4.28. The lowest BCUT2D eigenvalue weighted by Gasteiger charge is -2.00. The van der Waals surface area contributed by atoms with E-state index >= 15 is 0 Å². The van der Waals surface area contributed by atoms with E-state index in [4.69, 9.17) is 0 Å². The van der Waals surface area contributed by atoms with Crippen molar-refractivity contribution >= 4 is 22.7 Å². The molecule has 0 radical (unpaired) electrons. The largest absolute Gasteiger partial charge is 0.253 e. The third kappa shape index (κ3) is 3.49. The van der Waals surface area contributed by atoms with Crippen molar-refractivity contribution in [2.75, 3.05) is 5.43 Å². The van der Waals surface area contributed by atoms with Gasteiger partial charge in [-0.05, 0) is 18.6 Å². The van der Waals surface area contributed by atoms with Gasteiger partial charge in [0.25, 0.3) is 0 Å². The smallest absolute Gasteiger partial charge is 0.203 e. The van der Waals surface area contributed by atoms with Crippen LogP contribution in [0.25, 0.3) is 11.3 Å². The zero-order chi connectivity index (χ0) is 14.5. The summed E-state index contributed by atoms with van der Waals surface area (Å²) in [6.07, 6.45) is 5.04. The third-order valence-electron chi connectivity index (χ3n) is 2.78. The number of nitrogens with zero attached hydrogens (tertiary/aromatic N) is 4. The fraction of sp³-hybridized carbons (Fsp3) is 0.0667. The first-order chi connectivity index (χ1) is 10.3. The number of hydrogen-bond acceptors (Lipinski definition) is 6. The van der Waals surface area contributed by atoms with E-state index in [1.54, 1.807) is 18.7 Å². The molecule has 2 aromatic heterocycles. The molecule has 104 valence electrons. The number of aromatic nitrogens is 3. The summed E-state index contributed by atoms with van der Waals surface area (Å²) < 4.78 is 0. The molecule has 0 aliphatic heterocycles. The van der Waals surface area contributed by atoms with Crippen LogP contribution in [0.4, 0.5) is 5.13 Å². The van der Waals surface area contributed by atoms with Gasteiger partial charge in [0.05, 0.1) is 17.6 Å². The Morgan fingerprint density at radius 3 is 2.71 bits per heavy atom. The lowest BCUT2D eigenvalue weighted by atomic mass is 10.1. The van der Waals surface area contributed by atoms with Crippen molar-refractivity contribution in [3.8, 4) is 11.3 Å². The number of thiazole rings is 1. The van der Waals surface area contributed by atoms with Crippen molar-refractivity contribution in [3.63, 3.8) is 0 Å². The van der Waals surface area contributed by atoms with Gasteiger partial charge in [-0.15, -0.1) is 11.3 Å². The topological polar surface area (TPSA) is 63.1 Å². The maximum atomic E-state index is 4.28. The second-order valence-electron chi connectivity index (χ2n) is 4.38. The van der Waals surface area contributed by atoms with Gasteiger partial charge >= 0.3 is 0 Å². The summed E-state index contributed by atoms with van der Waals surface area (Å²) in [7, 11) is 0. The van der Waals surface area contributed by atoms with E-state index in [1.807, 2.05) is 42.6 Å². The molecule has 0 spiro atoms. The van der Waals surface area contributed by atoms with Crippen LogP contribution in [0.2, 0.25) is 0 Å². The van der Waals surface area contributed by atoms with Crippen molar-refractivity contribution in [2.45, 2.75) is 6.92 Å². The van der Waals surface area contributed by atoms with Gasteiger partial charge in [0.2, 0.25) is 5.13 Å². The molecule has 0 aliphatic carbocycles. The Labute approximate surface area is 126 Å². The number of benzene rings is 1. The summed E-state index contributed by atoms with van der Waals surface area (Å²) in [6, 6.07) is 9.90. The van der Waals surface area contributed by atoms with Crippen molar-refractivity contribution in [2.24, 2.45) is 5.10 Å². The number of hydrazone groups is 1. The van der Waals surface area contributed by atoms with E-state index in [0.29, 0.717) is 0 Å². The highest BCUT2D eigenvalue weighted by molar-refractivity contribution is 7.13. The van der Waals surface area contributed by atoms with Crippen LogP contribution in [0.3, 0.4) is 0 Å². The minimum atomic E-state index is 0.793. The zero-order valence-electron chi connectivity index (χ0n) is 11.4. The third-order valence-corrected chi connectivity index (χ3v) is 3.65. The van der Waals surface area contributed by atoms with Gasteiger partial charge in [-0.1, -0.05) is 24.3 Å². The van der Waals surface area contributed by atoms with Crippen LogP contribution >= 0.6 is 11.3 Å². The molecule has 3 rings (SSSR count).